The number of aryl methyl sites for hydroxylation is 1. The molecule has 1 heterocycles. The van der Waals surface area contributed by atoms with E-state index >= 15 is 0 Å². The number of carbonyl (C=O) groups excluding carboxylic acids is 1. The maximum atomic E-state index is 12.9. The number of pyridine rings is 1. The lowest BCUT2D eigenvalue weighted by Gasteiger charge is -2.27. The molecule has 0 aliphatic rings. The Hall–Kier alpha value is -2.20. The number of hydrogen-bond donors (Lipinski definition) is 1. The van der Waals surface area contributed by atoms with Crippen molar-refractivity contribution >= 4 is 5.91 Å². The minimum absolute atomic E-state index is 0.000752. The number of aliphatic hydroxyl groups is 1. The molecule has 4 nitrogen and oxygen atoms in total. The zero-order valence-corrected chi connectivity index (χ0v) is 15.6. The summed E-state index contributed by atoms with van der Waals surface area (Å²) in [5.41, 5.74) is 2.08. The predicted molar refractivity (Wildman–Crippen MR) is 100 cm³/mol. The van der Waals surface area contributed by atoms with Gasteiger partial charge in [-0.25, -0.2) is 0 Å². The van der Waals surface area contributed by atoms with Crippen LogP contribution in [-0.2, 0) is 6.42 Å². The van der Waals surface area contributed by atoms with E-state index in [1.807, 2.05) is 49.6 Å². The van der Waals surface area contributed by atoms with Crippen molar-refractivity contribution in [3.63, 3.8) is 0 Å². The smallest absolute Gasteiger partial charge is 0.254 e. The lowest BCUT2D eigenvalue weighted by molar-refractivity contribution is 0.0714. The minimum Gasteiger partial charge on any atom is -0.390 e. The van der Waals surface area contributed by atoms with Gasteiger partial charge in [0.05, 0.1) is 11.6 Å². The van der Waals surface area contributed by atoms with E-state index in [0.717, 1.165) is 24.0 Å². The average Bonchev–Trinajstić information content (AvgIpc) is 2.60. The predicted octanol–water partition coefficient (Wildman–Crippen LogP) is 4.01. The van der Waals surface area contributed by atoms with E-state index in [1.165, 1.54) is 0 Å². The van der Waals surface area contributed by atoms with Crippen LogP contribution in [0.15, 0.2) is 48.8 Å². The summed E-state index contributed by atoms with van der Waals surface area (Å²) in [5.74, 6) is 0.000752. The lowest BCUT2D eigenvalue weighted by Crippen LogP contribution is -2.31. The highest BCUT2D eigenvalue weighted by atomic mass is 16.3. The summed E-state index contributed by atoms with van der Waals surface area (Å²) in [7, 11) is 1.84. The molecule has 1 N–H and O–H groups in total. The molecule has 1 aromatic carbocycles. The van der Waals surface area contributed by atoms with Crippen LogP contribution in [0.3, 0.4) is 0 Å². The van der Waals surface area contributed by atoms with Gasteiger partial charge < -0.3 is 10.0 Å². The first kappa shape index (κ1) is 19.1. The van der Waals surface area contributed by atoms with Gasteiger partial charge in [-0.3, -0.25) is 9.78 Å². The summed E-state index contributed by atoms with van der Waals surface area (Å²) in [6.07, 6.45) is 5.79. The molecule has 134 valence electrons. The fourth-order valence-electron chi connectivity index (χ4n) is 2.96. The number of rotatable bonds is 7. The summed E-state index contributed by atoms with van der Waals surface area (Å²) < 4.78 is 0. The Morgan fingerprint density at radius 1 is 1.28 bits per heavy atom. The van der Waals surface area contributed by atoms with Crippen molar-refractivity contribution in [2.24, 2.45) is 0 Å². The summed E-state index contributed by atoms with van der Waals surface area (Å²) in [6.45, 7) is 5.67. The molecule has 0 unspecified atom stereocenters. The third-order valence-corrected chi connectivity index (χ3v) is 4.44. The molecular formula is C21H28N2O2. The number of benzene rings is 1. The summed E-state index contributed by atoms with van der Waals surface area (Å²) in [4.78, 5) is 18.9. The molecule has 4 heteroatoms. The van der Waals surface area contributed by atoms with Crippen molar-refractivity contribution in [2.75, 3.05) is 7.05 Å². The standard InChI is InChI=1S/C21H28N2O2/c1-5-19(18-10-7-13-22-15-18)23(4)20(24)17-9-6-8-16(14-17)11-12-21(2,3)25/h6-10,13-15,19,25H,5,11-12H2,1-4H3/t19-/m0/s1. The molecule has 1 aromatic heterocycles. The van der Waals surface area contributed by atoms with Crippen molar-refractivity contribution in [1.29, 1.82) is 0 Å². The fraction of sp³-hybridized carbons (Fsp3) is 0.429. The van der Waals surface area contributed by atoms with Gasteiger partial charge in [0.15, 0.2) is 0 Å². The Morgan fingerprint density at radius 3 is 2.64 bits per heavy atom. The maximum absolute atomic E-state index is 12.9. The number of hydrogen-bond acceptors (Lipinski definition) is 3. The first-order valence-corrected chi connectivity index (χ1v) is 8.80. The molecule has 1 atom stereocenters. The Morgan fingerprint density at radius 2 is 2.04 bits per heavy atom. The molecule has 0 aliphatic carbocycles. The van der Waals surface area contributed by atoms with E-state index < -0.39 is 5.60 Å². The molecule has 0 saturated carbocycles. The molecule has 1 amide bonds. The highest BCUT2D eigenvalue weighted by molar-refractivity contribution is 5.94. The van der Waals surface area contributed by atoms with Crippen molar-refractivity contribution in [3.05, 3.63) is 65.5 Å². The first-order chi connectivity index (χ1) is 11.8. The van der Waals surface area contributed by atoms with Crippen LogP contribution in [0.4, 0.5) is 0 Å². The van der Waals surface area contributed by atoms with Gasteiger partial charge in [-0.05, 0) is 62.4 Å². The molecule has 0 aliphatic heterocycles. The van der Waals surface area contributed by atoms with E-state index in [-0.39, 0.29) is 11.9 Å². The highest BCUT2D eigenvalue weighted by Crippen LogP contribution is 2.24. The summed E-state index contributed by atoms with van der Waals surface area (Å²) in [6, 6.07) is 11.6. The zero-order valence-electron chi connectivity index (χ0n) is 15.6. The van der Waals surface area contributed by atoms with Crippen LogP contribution in [0.2, 0.25) is 0 Å². The molecule has 0 radical (unpaired) electrons. The summed E-state index contributed by atoms with van der Waals surface area (Å²) >= 11 is 0. The van der Waals surface area contributed by atoms with Crippen LogP contribution in [0.5, 0.6) is 0 Å². The highest BCUT2D eigenvalue weighted by Gasteiger charge is 2.22. The second-order valence-electron chi connectivity index (χ2n) is 7.14. The largest absolute Gasteiger partial charge is 0.390 e. The molecule has 2 aromatic rings. The van der Waals surface area contributed by atoms with Crippen LogP contribution in [0.25, 0.3) is 0 Å². The van der Waals surface area contributed by atoms with Crippen molar-refractivity contribution in [1.82, 2.24) is 9.88 Å². The number of carbonyl (C=O) groups is 1. The topological polar surface area (TPSA) is 53.4 Å². The van der Waals surface area contributed by atoms with Crippen molar-refractivity contribution in [2.45, 2.75) is 51.7 Å². The van der Waals surface area contributed by atoms with Crippen LogP contribution >= 0.6 is 0 Å². The Kier molecular flexibility index (Phi) is 6.32. The number of nitrogens with zero attached hydrogens (tertiary/aromatic N) is 2. The van der Waals surface area contributed by atoms with E-state index in [2.05, 4.69) is 11.9 Å². The van der Waals surface area contributed by atoms with Gasteiger partial charge in [-0.1, -0.05) is 25.1 Å². The average molecular weight is 340 g/mol. The first-order valence-electron chi connectivity index (χ1n) is 8.80. The Labute approximate surface area is 150 Å². The van der Waals surface area contributed by atoms with Crippen LogP contribution < -0.4 is 0 Å². The Bertz CT molecular complexity index is 693. The quantitative estimate of drug-likeness (QED) is 0.828. The molecule has 2 rings (SSSR count). The SMILES string of the molecule is CC[C@@H](c1cccnc1)N(C)C(=O)c1cccc(CCC(C)(C)O)c1. The van der Waals surface area contributed by atoms with Crippen molar-refractivity contribution < 1.29 is 9.90 Å². The normalized spacial score (nSPS) is 12.7. The van der Waals surface area contributed by atoms with Gasteiger partial charge in [0.1, 0.15) is 0 Å². The van der Waals surface area contributed by atoms with Crippen LogP contribution in [0, 0.1) is 0 Å². The third kappa shape index (κ3) is 5.40. The Balaban J connectivity index is 2.16. The van der Waals surface area contributed by atoms with Gasteiger partial charge in [0, 0.05) is 25.0 Å². The monoisotopic (exact) mass is 340 g/mol. The van der Waals surface area contributed by atoms with E-state index in [1.54, 1.807) is 24.9 Å². The van der Waals surface area contributed by atoms with Gasteiger partial charge in [-0.15, -0.1) is 0 Å². The minimum atomic E-state index is -0.704. The van der Waals surface area contributed by atoms with Crippen LogP contribution in [-0.4, -0.2) is 33.5 Å². The van der Waals surface area contributed by atoms with E-state index in [0.29, 0.717) is 12.0 Å². The molecular weight excluding hydrogens is 312 g/mol. The van der Waals surface area contributed by atoms with E-state index in [4.69, 9.17) is 0 Å². The molecule has 0 spiro atoms. The molecule has 0 bridgehead atoms. The summed E-state index contributed by atoms with van der Waals surface area (Å²) in [5, 5.41) is 9.90. The third-order valence-electron chi connectivity index (χ3n) is 4.44. The van der Waals surface area contributed by atoms with Crippen molar-refractivity contribution in [3.8, 4) is 0 Å². The van der Waals surface area contributed by atoms with Gasteiger partial charge in [0.25, 0.3) is 5.91 Å². The fourth-order valence-corrected chi connectivity index (χ4v) is 2.96. The molecule has 0 saturated heterocycles. The molecule has 25 heavy (non-hydrogen) atoms. The maximum Gasteiger partial charge on any atom is 0.254 e. The number of amides is 1. The van der Waals surface area contributed by atoms with Gasteiger partial charge in [-0.2, -0.15) is 0 Å². The second kappa shape index (κ2) is 8.26. The number of aromatic nitrogens is 1. The van der Waals surface area contributed by atoms with Gasteiger partial charge in [0.2, 0.25) is 0 Å². The van der Waals surface area contributed by atoms with E-state index in [9.17, 15) is 9.90 Å². The second-order valence-corrected chi connectivity index (χ2v) is 7.14. The molecule has 0 fully saturated rings. The lowest BCUT2D eigenvalue weighted by atomic mass is 9.97. The van der Waals surface area contributed by atoms with Crippen LogP contribution in [0.1, 0.15) is 61.1 Å². The van der Waals surface area contributed by atoms with Gasteiger partial charge >= 0.3 is 0 Å². The zero-order chi connectivity index (χ0) is 18.4.